The summed E-state index contributed by atoms with van der Waals surface area (Å²) in [4.78, 5) is 0. The van der Waals surface area contributed by atoms with Crippen LogP contribution in [0, 0.1) is 13.8 Å². The van der Waals surface area contributed by atoms with Crippen LogP contribution in [-0.2, 0) is 0 Å². The van der Waals surface area contributed by atoms with E-state index < -0.39 is 0 Å². The van der Waals surface area contributed by atoms with Crippen LogP contribution < -0.4 is 10.6 Å². The number of rotatable bonds is 3. The number of aryl methyl sites for hydroxylation is 2. The molecule has 0 bridgehead atoms. The summed E-state index contributed by atoms with van der Waals surface area (Å²) < 4.78 is 0. The van der Waals surface area contributed by atoms with Crippen LogP contribution in [0.3, 0.4) is 0 Å². The Labute approximate surface area is 136 Å². The van der Waals surface area contributed by atoms with Gasteiger partial charge >= 0.3 is 0 Å². The smallest absolute Gasteiger partial charge is 0.171 e. The highest BCUT2D eigenvalue weighted by atomic mass is 35.5. The zero-order valence-corrected chi connectivity index (χ0v) is 14.0. The van der Waals surface area contributed by atoms with Crippen LogP contribution in [0.1, 0.15) is 29.7 Å². The molecule has 2 aromatic carbocycles. The largest absolute Gasteiger partial charge is 0.356 e. The van der Waals surface area contributed by atoms with Crippen molar-refractivity contribution in [3.05, 3.63) is 64.2 Å². The molecule has 0 aliphatic heterocycles. The highest BCUT2D eigenvalue weighted by Gasteiger charge is 2.07. The lowest BCUT2D eigenvalue weighted by Crippen LogP contribution is -2.30. The Balaban J connectivity index is 1.97. The molecule has 0 unspecified atom stereocenters. The number of hydrogen-bond donors (Lipinski definition) is 2. The summed E-state index contributed by atoms with van der Waals surface area (Å²) >= 11 is 11.3. The van der Waals surface area contributed by atoms with E-state index in [1.54, 1.807) is 0 Å². The third-order valence-electron chi connectivity index (χ3n) is 3.48. The van der Waals surface area contributed by atoms with Crippen LogP contribution in [0.15, 0.2) is 42.5 Å². The number of halogens is 1. The summed E-state index contributed by atoms with van der Waals surface area (Å²) in [7, 11) is 0. The summed E-state index contributed by atoms with van der Waals surface area (Å²) in [5.74, 6) is 0. The van der Waals surface area contributed by atoms with Crippen LogP contribution in [0.5, 0.6) is 0 Å². The van der Waals surface area contributed by atoms with Gasteiger partial charge in [0.25, 0.3) is 0 Å². The molecule has 0 heterocycles. The van der Waals surface area contributed by atoms with Crippen molar-refractivity contribution in [2.45, 2.75) is 26.8 Å². The second kappa shape index (κ2) is 6.92. The predicted molar refractivity (Wildman–Crippen MR) is 95.1 cm³/mol. The van der Waals surface area contributed by atoms with Gasteiger partial charge in [0.15, 0.2) is 5.11 Å². The summed E-state index contributed by atoms with van der Waals surface area (Å²) in [6.07, 6.45) is 0. The van der Waals surface area contributed by atoms with Crippen molar-refractivity contribution in [2.24, 2.45) is 0 Å². The Morgan fingerprint density at radius 1 is 1.05 bits per heavy atom. The molecule has 0 saturated heterocycles. The van der Waals surface area contributed by atoms with Crippen molar-refractivity contribution in [1.82, 2.24) is 5.32 Å². The molecule has 21 heavy (non-hydrogen) atoms. The van der Waals surface area contributed by atoms with Crippen molar-refractivity contribution in [2.75, 3.05) is 5.32 Å². The highest BCUT2D eigenvalue weighted by Crippen LogP contribution is 2.17. The molecular formula is C17H19ClN2S. The molecule has 2 nitrogen and oxygen atoms in total. The van der Waals surface area contributed by atoms with Gasteiger partial charge in [-0.15, -0.1) is 0 Å². The van der Waals surface area contributed by atoms with Crippen LogP contribution in [-0.4, -0.2) is 5.11 Å². The Morgan fingerprint density at radius 2 is 1.71 bits per heavy atom. The summed E-state index contributed by atoms with van der Waals surface area (Å²) in [6, 6.07) is 14.1. The Morgan fingerprint density at radius 3 is 2.33 bits per heavy atom. The minimum absolute atomic E-state index is 0.119. The van der Waals surface area contributed by atoms with Crippen molar-refractivity contribution >= 4 is 34.6 Å². The molecule has 2 aromatic rings. The van der Waals surface area contributed by atoms with Crippen LogP contribution >= 0.6 is 23.8 Å². The van der Waals surface area contributed by atoms with E-state index in [0.29, 0.717) is 5.11 Å². The topological polar surface area (TPSA) is 24.1 Å². The van der Waals surface area contributed by atoms with Gasteiger partial charge < -0.3 is 10.6 Å². The second-order valence-corrected chi connectivity index (χ2v) is 6.02. The zero-order valence-electron chi connectivity index (χ0n) is 12.4. The highest BCUT2D eigenvalue weighted by molar-refractivity contribution is 7.80. The second-order valence-electron chi connectivity index (χ2n) is 5.17. The van der Waals surface area contributed by atoms with Crippen molar-refractivity contribution < 1.29 is 0 Å². The van der Waals surface area contributed by atoms with E-state index in [0.717, 1.165) is 16.3 Å². The van der Waals surface area contributed by atoms with Gasteiger partial charge in [0.2, 0.25) is 0 Å². The fraction of sp³-hybridized carbons (Fsp3) is 0.235. The molecule has 0 amide bonds. The zero-order chi connectivity index (χ0) is 15.4. The van der Waals surface area contributed by atoms with Gasteiger partial charge in [-0.25, -0.2) is 0 Å². The van der Waals surface area contributed by atoms with Gasteiger partial charge in [0.1, 0.15) is 0 Å². The van der Waals surface area contributed by atoms with Gasteiger partial charge in [-0.2, -0.15) is 0 Å². The Bertz CT molecular complexity index is 638. The number of nitrogens with one attached hydrogen (secondary N) is 2. The maximum atomic E-state index is 5.90. The van der Waals surface area contributed by atoms with Gasteiger partial charge in [0.05, 0.1) is 6.04 Å². The summed E-state index contributed by atoms with van der Waals surface area (Å²) in [5, 5.41) is 7.84. The van der Waals surface area contributed by atoms with E-state index in [-0.39, 0.29) is 6.04 Å². The molecule has 0 aliphatic rings. The van der Waals surface area contributed by atoms with E-state index in [1.807, 2.05) is 30.3 Å². The quantitative estimate of drug-likeness (QED) is 0.778. The molecule has 0 aromatic heterocycles. The Hall–Kier alpha value is -1.58. The van der Waals surface area contributed by atoms with E-state index in [9.17, 15) is 0 Å². The standard InChI is InChI=1S/C17H19ClN2S/c1-11-4-9-16(10-12(11)2)20-17(21)19-13(3)14-5-7-15(18)8-6-14/h4-10,13H,1-3H3,(H2,19,20,21)/t13-/m1/s1. The van der Waals surface area contributed by atoms with Gasteiger partial charge in [-0.3, -0.25) is 0 Å². The average Bonchev–Trinajstić information content (AvgIpc) is 2.43. The van der Waals surface area contributed by atoms with E-state index in [1.165, 1.54) is 11.1 Å². The third kappa shape index (κ3) is 4.45. The minimum Gasteiger partial charge on any atom is -0.356 e. The molecule has 0 spiro atoms. The molecule has 110 valence electrons. The SMILES string of the molecule is Cc1ccc(NC(=S)N[C@H](C)c2ccc(Cl)cc2)cc1C. The lowest BCUT2D eigenvalue weighted by molar-refractivity contribution is 0.722. The number of anilines is 1. The third-order valence-corrected chi connectivity index (χ3v) is 3.95. The fourth-order valence-electron chi connectivity index (χ4n) is 2.02. The van der Waals surface area contributed by atoms with Crippen molar-refractivity contribution in [3.63, 3.8) is 0 Å². The molecule has 2 N–H and O–H groups in total. The molecule has 0 saturated carbocycles. The molecular weight excluding hydrogens is 300 g/mol. The summed E-state index contributed by atoms with van der Waals surface area (Å²) in [5.41, 5.74) is 4.66. The first-order valence-electron chi connectivity index (χ1n) is 6.86. The predicted octanol–water partition coefficient (Wildman–Crippen LogP) is 5.00. The maximum absolute atomic E-state index is 5.90. The molecule has 0 radical (unpaired) electrons. The average molecular weight is 319 g/mol. The molecule has 0 aliphatic carbocycles. The first kappa shape index (κ1) is 15.8. The monoisotopic (exact) mass is 318 g/mol. The fourth-order valence-corrected chi connectivity index (χ4v) is 2.44. The lowest BCUT2D eigenvalue weighted by atomic mass is 10.1. The van der Waals surface area contributed by atoms with Gasteiger partial charge in [-0.1, -0.05) is 29.8 Å². The van der Waals surface area contributed by atoms with Crippen molar-refractivity contribution in [3.8, 4) is 0 Å². The molecule has 1 atom stereocenters. The number of hydrogen-bond acceptors (Lipinski definition) is 1. The summed E-state index contributed by atoms with van der Waals surface area (Å²) in [6.45, 7) is 6.25. The first-order valence-corrected chi connectivity index (χ1v) is 7.64. The van der Waals surface area contributed by atoms with Gasteiger partial charge in [0, 0.05) is 10.7 Å². The Kier molecular flexibility index (Phi) is 5.21. The van der Waals surface area contributed by atoms with E-state index in [2.05, 4.69) is 43.5 Å². The van der Waals surface area contributed by atoms with E-state index in [4.69, 9.17) is 23.8 Å². The van der Waals surface area contributed by atoms with Crippen LogP contribution in [0.25, 0.3) is 0 Å². The van der Waals surface area contributed by atoms with Crippen molar-refractivity contribution in [1.29, 1.82) is 0 Å². The molecule has 4 heteroatoms. The minimum atomic E-state index is 0.119. The van der Waals surface area contributed by atoms with E-state index >= 15 is 0 Å². The maximum Gasteiger partial charge on any atom is 0.171 e. The molecule has 0 fully saturated rings. The first-order chi connectivity index (χ1) is 9.95. The van der Waals surface area contributed by atoms with Crippen LogP contribution in [0.2, 0.25) is 5.02 Å². The number of benzene rings is 2. The van der Waals surface area contributed by atoms with Crippen LogP contribution in [0.4, 0.5) is 5.69 Å². The molecule has 2 rings (SSSR count). The number of thiocarbonyl (C=S) groups is 1. The van der Waals surface area contributed by atoms with Gasteiger partial charge in [-0.05, 0) is 73.9 Å². The lowest BCUT2D eigenvalue weighted by Gasteiger charge is -2.18. The normalized spacial score (nSPS) is 11.8.